The van der Waals surface area contributed by atoms with Crippen LogP contribution in [0.4, 0.5) is 23.2 Å². The van der Waals surface area contributed by atoms with E-state index in [1.165, 1.54) is 12.5 Å². The molecule has 0 aliphatic rings. The van der Waals surface area contributed by atoms with E-state index in [0.29, 0.717) is 28.2 Å². The standard InChI is InChI=1S/C20H14F4N6O2S/c1-9(29-18(32)15-11-4-5-25-16(11)28-8-27-15)19-26-7-14(33-19)17(31)30-10-2-3-13(21)12(6-10)20(22,23)24/h2-9H,1H3,(H,29,32)(H,30,31)(H,25,27,28). The van der Waals surface area contributed by atoms with E-state index in [1.54, 1.807) is 19.2 Å². The van der Waals surface area contributed by atoms with Crippen molar-refractivity contribution in [2.75, 3.05) is 5.32 Å². The number of rotatable bonds is 5. The number of H-pyrrole nitrogens is 1. The van der Waals surface area contributed by atoms with Crippen molar-refractivity contribution in [1.82, 2.24) is 25.3 Å². The van der Waals surface area contributed by atoms with Gasteiger partial charge in [-0.1, -0.05) is 0 Å². The zero-order valence-electron chi connectivity index (χ0n) is 16.7. The number of halogens is 4. The molecule has 0 spiro atoms. The first kappa shape index (κ1) is 22.3. The molecule has 1 unspecified atom stereocenters. The van der Waals surface area contributed by atoms with E-state index in [9.17, 15) is 27.2 Å². The molecule has 170 valence electrons. The lowest BCUT2D eigenvalue weighted by molar-refractivity contribution is -0.139. The lowest BCUT2D eigenvalue weighted by Crippen LogP contribution is -2.27. The molecule has 0 radical (unpaired) electrons. The molecule has 13 heteroatoms. The summed E-state index contributed by atoms with van der Waals surface area (Å²) in [7, 11) is 0. The minimum absolute atomic E-state index is 0.0963. The number of aromatic nitrogens is 4. The van der Waals surface area contributed by atoms with Crippen LogP contribution in [0, 0.1) is 5.82 Å². The van der Waals surface area contributed by atoms with Crippen molar-refractivity contribution in [3.8, 4) is 0 Å². The van der Waals surface area contributed by atoms with E-state index < -0.39 is 35.4 Å². The van der Waals surface area contributed by atoms with Gasteiger partial charge < -0.3 is 15.6 Å². The topological polar surface area (TPSA) is 113 Å². The first-order valence-electron chi connectivity index (χ1n) is 9.36. The van der Waals surface area contributed by atoms with Crippen molar-refractivity contribution < 1.29 is 27.2 Å². The number of amides is 2. The van der Waals surface area contributed by atoms with Crippen molar-refractivity contribution in [3.63, 3.8) is 0 Å². The summed E-state index contributed by atoms with van der Waals surface area (Å²) in [5.74, 6) is -2.63. The number of hydrogen-bond donors (Lipinski definition) is 3. The van der Waals surface area contributed by atoms with Gasteiger partial charge in [0.25, 0.3) is 11.8 Å². The Morgan fingerprint density at radius 3 is 2.67 bits per heavy atom. The predicted molar refractivity (Wildman–Crippen MR) is 111 cm³/mol. The molecule has 1 atom stereocenters. The summed E-state index contributed by atoms with van der Waals surface area (Å²) < 4.78 is 52.0. The molecule has 0 fully saturated rings. The van der Waals surface area contributed by atoms with Crippen LogP contribution in [0.15, 0.2) is 43.0 Å². The smallest absolute Gasteiger partial charge is 0.346 e. The monoisotopic (exact) mass is 478 g/mol. The summed E-state index contributed by atoms with van der Waals surface area (Å²) in [4.78, 5) is 40.2. The SMILES string of the molecule is CC(NC(=O)c1ncnc2[nH]ccc12)c1ncc(C(=O)Nc2ccc(F)c(C(F)(F)F)c2)s1. The highest BCUT2D eigenvalue weighted by Gasteiger charge is 2.34. The number of nitrogens with one attached hydrogen (secondary N) is 3. The van der Waals surface area contributed by atoms with Gasteiger partial charge in [-0.25, -0.2) is 19.3 Å². The summed E-state index contributed by atoms with van der Waals surface area (Å²) in [5.41, 5.74) is -1.03. The third kappa shape index (κ3) is 4.67. The molecular weight excluding hydrogens is 464 g/mol. The van der Waals surface area contributed by atoms with Crippen LogP contribution >= 0.6 is 11.3 Å². The molecular formula is C20H14F4N6O2S. The minimum atomic E-state index is -4.90. The first-order chi connectivity index (χ1) is 15.6. The number of fused-ring (bicyclic) bond motifs is 1. The van der Waals surface area contributed by atoms with Gasteiger partial charge in [0.1, 0.15) is 33.4 Å². The Hall–Kier alpha value is -3.87. The van der Waals surface area contributed by atoms with E-state index in [2.05, 4.69) is 30.6 Å². The molecule has 0 aliphatic heterocycles. The van der Waals surface area contributed by atoms with Gasteiger partial charge in [-0.05, 0) is 31.2 Å². The normalized spacial score (nSPS) is 12.5. The average Bonchev–Trinajstić information content (AvgIpc) is 3.43. The maximum atomic E-state index is 13.4. The number of nitrogens with zero attached hydrogens (tertiary/aromatic N) is 3. The van der Waals surface area contributed by atoms with E-state index in [4.69, 9.17) is 0 Å². The molecule has 1 aromatic carbocycles. The van der Waals surface area contributed by atoms with Crippen molar-refractivity contribution in [3.05, 3.63) is 69.9 Å². The minimum Gasteiger partial charge on any atom is -0.346 e. The van der Waals surface area contributed by atoms with E-state index in [1.807, 2.05) is 0 Å². The number of alkyl halides is 3. The number of thiazole rings is 1. The number of aromatic amines is 1. The van der Waals surface area contributed by atoms with E-state index in [-0.39, 0.29) is 16.3 Å². The van der Waals surface area contributed by atoms with Gasteiger partial charge >= 0.3 is 6.18 Å². The number of benzene rings is 1. The molecule has 0 bridgehead atoms. The number of anilines is 1. The average molecular weight is 478 g/mol. The maximum absolute atomic E-state index is 13.4. The number of carbonyl (C=O) groups is 2. The van der Waals surface area contributed by atoms with Gasteiger partial charge in [0.2, 0.25) is 0 Å². The Morgan fingerprint density at radius 2 is 1.91 bits per heavy atom. The van der Waals surface area contributed by atoms with Gasteiger partial charge in [-0.2, -0.15) is 13.2 Å². The molecule has 0 saturated carbocycles. The molecule has 33 heavy (non-hydrogen) atoms. The van der Waals surface area contributed by atoms with Crippen LogP contribution in [-0.4, -0.2) is 31.8 Å². The molecule has 3 heterocycles. The lowest BCUT2D eigenvalue weighted by Gasteiger charge is -2.11. The number of hydrogen-bond acceptors (Lipinski definition) is 6. The second kappa shape index (κ2) is 8.58. The van der Waals surface area contributed by atoms with Crippen molar-refractivity contribution >= 4 is 39.9 Å². The zero-order chi connectivity index (χ0) is 23.8. The van der Waals surface area contributed by atoms with E-state index >= 15 is 0 Å². The molecule has 2 amide bonds. The van der Waals surface area contributed by atoms with Crippen LogP contribution in [0.1, 0.15) is 43.7 Å². The Labute approximate surface area is 187 Å². The molecule has 3 N–H and O–H groups in total. The Bertz CT molecular complexity index is 1350. The summed E-state index contributed by atoms with van der Waals surface area (Å²) in [6.45, 7) is 1.66. The van der Waals surface area contributed by atoms with Gasteiger partial charge in [0.05, 0.1) is 23.2 Å². The molecule has 0 aliphatic carbocycles. The van der Waals surface area contributed by atoms with Crippen LogP contribution in [0.2, 0.25) is 0 Å². The van der Waals surface area contributed by atoms with Gasteiger partial charge in [0.15, 0.2) is 0 Å². The molecule has 4 rings (SSSR count). The van der Waals surface area contributed by atoms with Gasteiger partial charge in [-0.15, -0.1) is 11.3 Å². The Kier molecular flexibility index (Phi) is 5.80. The quantitative estimate of drug-likeness (QED) is 0.370. The molecule has 0 saturated heterocycles. The predicted octanol–water partition coefficient (Wildman–Crippen LogP) is 4.32. The lowest BCUT2D eigenvalue weighted by atomic mass is 10.2. The van der Waals surface area contributed by atoms with E-state index in [0.717, 1.165) is 17.4 Å². The summed E-state index contributed by atoms with van der Waals surface area (Å²) in [6.07, 6.45) is -0.777. The van der Waals surface area contributed by atoms with Gasteiger partial charge in [-0.3, -0.25) is 9.59 Å². The first-order valence-corrected chi connectivity index (χ1v) is 10.2. The third-order valence-corrected chi connectivity index (χ3v) is 5.74. The van der Waals surface area contributed by atoms with Crippen LogP contribution in [-0.2, 0) is 6.18 Å². The van der Waals surface area contributed by atoms with Crippen LogP contribution < -0.4 is 10.6 Å². The largest absolute Gasteiger partial charge is 0.419 e. The highest BCUT2D eigenvalue weighted by molar-refractivity contribution is 7.13. The molecule has 3 aromatic heterocycles. The fourth-order valence-corrected chi connectivity index (χ4v) is 3.80. The van der Waals surface area contributed by atoms with Crippen molar-refractivity contribution in [1.29, 1.82) is 0 Å². The highest BCUT2D eigenvalue weighted by Crippen LogP contribution is 2.33. The van der Waals surface area contributed by atoms with Crippen LogP contribution in [0.5, 0.6) is 0 Å². The second-order valence-electron chi connectivity index (χ2n) is 6.87. The Balaban J connectivity index is 1.46. The van der Waals surface area contributed by atoms with Crippen LogP contribution in [0.25, 0.3) is 11.0 Å². The zero-order valence-corrected chi connectivity index (χ0v) is 17.5. The summed E-state index contributed by atoms with van der Waals surface area (Å²) in [5, 5.41) is 5.96. The van der Waals surface area contributed by atoms with Crippen molar-refractivity contribution in [2.45, 2.75) is 19.1 Å². The summed E-state index contributed by atoms with van der Waals surface area (Å²) in [6, 6.07) is 3.25. The Morgan fingerprint density at radius 1 is 1.12 bits per heavy atom. The fraction of sp³-hybridized carbons (Fsp3) is 0.150. The van der Waals surface area contributed by atoms with Gasteiger partial charge in [0, 0.05) is 11.9 Å². The number of carbonyl (C=O) groups excluding carboxylic acids is 2. The highest BCUT2D eigenvalue weighted by atomic mass is 32.1. The fourth-order valence-electron chi connectivity index (χ4n) is 2.99. The molecule has 4 aromatic rings. The van der Waals surface area contributed by atoms with Crippen LogP contribution in [0.3, 0.4) is 0 Å². The third-order valence-electron chi connectivity index (χ3n) is 4.56. The maximum Gasteiger partial charge on any atom is 0.419 e. The van der Waals surface area contributed by atoms with Crippen molar-refractivity contribution in [2.24, 2.45) is 0 Å². The second-order valence-corrected chi connectivity index (χ2v) is 7.93. The summed E-state index contributed by atoms with van der Waals surface area (Å²) >= 11 is 0.951. The molecule has 8 nitrogen and oxygen atoms in total.